The van der Waals surface area contributed by atoms with Crippen LogP contribution in [-0.2, 0) is 0 Å². The van der Waals surface area contributed by atoms with E-state index in [1.54, 1.807) is 0 Å². The van der Waals surface area contributed by atoms with E-state index in [0.717, 1.165) is 0 Å². The van der Waals surface area contributed by atoms with Crippen molar-refractivity contribution in [3.63, 3.8) is 0 Å². The molecule has 18 heavy (non-hydrogen) atoms. The predicted octanol–water partition coefficient (Wildman–Crippen LogP) is 1.63. The SMILES string of the molecule is COc1cc2cc(=O)c(O)ccc2c(OC)c1O. The fourth-order valence-electron chi connectivity index (χ4n) is 1.77. The summed E-state index contributed by atoms with van der Waals surface area (Å²) >= 11 is 0. The Bertz CT molecular complexity index is 664. The van der Waals surface area contributed by atoms with Gasteiger partial charge in [0.2, 0.25) is 11.2 Å². The molecule has 0 bridgehead atoms. The molecule has 0 spiro atoms. The molecule has 94 valence electrons. The summed E-state index contributed by atoms with van der Waals surface area (Å²) in [7, 11) is 2.80. The maximum atomic E-state index is 11.5. The van der Waals surface area contributed by atoms with Gasteiger partial charge >= 0.3 is 0 Å². The lowest BCUT2D eigenvalue weighted by Crippen LogP contribution is -1.93. The first-order valence-electron chi connectivity index (χ1n) is 5.19. The Hall–Kier alpha value is -2.43. The van der Waals surface area contributed by atoms with E-state index >= 15 is 0 Å². The standard InChI is InChI=1S/C13H12O5/c1-17-11-6-7-5-10(15)9(14)4-3-8(7)13(18-2)12(11)16/h3-6,16H,1-2H3,(H,14,15). The largest absolute Gasteiger partial charge is 0.504 e. The molecule has 0 aliphatic rings. The van der Waals surface area contributed by atoms with Gasteiger partial charge in [-0.15, -0.1) is 0 Å². The molecule has 0 aliphatic heterocycles. The van der Waals surface area contributed by atoms with Gasteiger partial charge in [-0.05, 0) is 29.7 Å². The molecular weight excluding hydrogens is 236 g/mol. The zero-order valence-electron chi connectivity index (χ0n) is 9.93. The van der Waals surface area contributed by atoms with E-state index < -0.39 is 5.43 Å². The third-order valence-corrected chi connectivity index (χ3v) is 2.66. The number of methoxy groups -OCH3 is 2. The summed E-state index contributed by atoms with van der Waals surface area (Å²) in [5, 5.41) is 20.3. The number of hydrogen-bond acceptors (Lipinski definition) is 5. The van der Waals surface area contributed by atoms with Crippen LogP contribution in [0.15, 0.2) is 29.1 Å². The van der Waals surface area contributed by atoms with Crippen LogP contribution in [0.1, 0.15) is 0 Å². The molecule has 0 aromatic heterocycles. The fourth-order valence-corrected chi connectivity index (χ4v) is 1.77. The van der Waals surface area contributed by atoms with Gasteiger partial charge in [0.1, 0.15) is 0 Å². The van der Waals surface area contributed by atoms with Crippen molar-refractivity contribution in [1.29, 1.82) is 0 Å². The highest BCUT2D eigenvalue weighted by atomic mass is 16.5. The molecule has 0 amide bonds. The van der Waals surface area contributed by atoms with Crippen molar-refractivity contribution in [2.45, 2.75) is 0 Å². The average molecular weight is 248 g/mol. The number of fused-ring (bicyclic) bond motifs is 1. The highest BCUT2D eigenvalue weighted by molar-refractivity contribution is 5.92. The van der Waals surface area contributed by atoms with Crippen molar-refractivity contribution in [2.24, 2.45) is 0 Å². The van der Waals surface area contributed by atoms with Gasteiger partial charge in [-0.1, -0.05) is 0 Å². The van der Waals surface area contributed by atoms with Crippen LogP contribution >= 0.6 is 0 Å². The van der Waals surface area contributed by atoms with E-state index in [4.69, 9.17) is 9.47 Å². The molecule has 2 aromatic carbocycles. The van der Waals surface area contributed by atoms with Crippen molar-refractivity contribution >= 4 is 10.8 Å². The molecule has 0 radical (unpaired) electrons. The number of phenols is 1. The zero-order valence-corrected chi connectivity index (χ0v) is 9.93. The minimum absolute atomic E-state index is 0.148. The topological polar surface area (TPSA) is 76.0 Å². The van der Waals surface area contributed by atoms with Crippen molar-refractivity contribution in [2.75, 3.05) is 14.2 Å². The minimum atomic E-state index is -0.514. The van der Waals surface area contributed by atoms with E-state index in [9.17, 15) is 15.0 Å². The minimum Gasteiger partial charge on any atom is -0.504 e. The van der Waals surface area contributed by atoms with Gasteiger partial charge in [-0.25, -0.2) is 0 Å². The molecular formula is C13H12O5. The Morgan fingerprint density at radius 3 is 2.39 bits per heavy atom. The van der Waals surface area contributed by atoms with Gasteiger partial charge < -0.3 is 19.7 Å². The Labute approximate surface area is 103 Å². The second kappa shape index (κ2) is 4.44. The van der Waals surface area contributed by atoms with Crippen LogP contribution in [0.25, 0.3) is 10.8 Å². The molecule has 2 aromatic rings. The van der Waals surface area contributed by atoms with Crippen LogP contribution in [0.5, 0.6) is 23.0 Å². The van der Waals surface area contributed by atoms with Crippen molar-refractivity contribution < 1.29 is 19.7 Å². The summed E-state index contributed by atoms with van der Waals surface area (Å²) < 4.78 is 10.1. The molecule has 5 heteroatoms. The summed E-state index contributed by atoms with van der Waals surface area (Å²) in [5.41, 5.74) is -0.514. The molecule has 0 saturated carbocycles. The predicted molar refractivity (Wildman–Crippen MR) is 66.7 cm³/mol. The third kappa shape index (κ3) is 1.79. The van der Waals surface area contributed by atoms with Crippen LogP contribution in [0.2, 0.25) is 0 Å². The third-order valence-electron chi connectivity index (χ3n) is 2.66. The number of benzene rings is 1. The maximum Gasteiger partial charge on any atom is 0.220 e. The molecule has 0 fully saturated rings. The van der Waals surface area contributed by atoms with Crippen LogP contribution in [0.3, 0.4) is 0 Å². The van der Waals surface area contributed by atoms with E-state index in [2.05, 4.69) is 0 Å². The van der Waals surface area contributed by atoms with Crippen LogP contribution in [0.4, 0.5) is 0 Å². The van der Waals surface area contributed by atoms with E-state index in [-0.39, 0.29) is 23.0 Å². The van der Waals surface area contributed by atoms with Crippen molar-refractivity contribution in [3.05, 3.63) is 34.5 Å². The molecule has 0 atom stereocenters. The smallest absolute Gasteiger partial charge is 0.220 e. The number of ether oxygens (including phenoxy) is 2. The molecule has 0 aliphatic carbocycles. The highest BCUT2D eigenvalue weighted by Gasteiger charge is 2.14. The van der Waals surface area contributed by atoms with Crippen LogP contribution < -0.4 is 14.9 Å². The van der Waals surface area contributed by atoms with Crippen LogP contribution in [-0.4, -0.2) is 24.4 Å². The summed E-state index contributed by atoms with van der Waals surface area (Å²) in [4.78, 5) is 11.5. The lowest BCUT2D eigenvalue weighted by atomic mass is 10.1. The Kier molecular flexibility index (Phi) is 2.97. The Balaban J connectivity index is 2.98. The summed E-state index contributed by atoms with van der Waals surface area (Å²) in [6.07, 6.45) is 0. The van der Waals surface area contributed by atoms with E-state index in [1.165, 1.54) is 38.5 Å². The quantitative estimate of drug-likeness (QED) is 0.844. The van der Waals surface area contributed by atoms with Crippen molar-refractivity contribution in [3.8, 4) is 23.0 Å². The number of phenolic OH excluding ortho intramolecular Hbond substituents is 1. The maximum absolute atomic E-state index is 11.5. The van der Waals surface area contributed by atoms with Gasteiger partial charge in [0, 0.05) is 5.39 Å². The summed E-state index contributed by atoms with van der Waals surface area (Å²) in [6.45, 7) is 0. The van der Waals surface area contributed by atoms with Gasteiger partial charge in [0.05, 0.1) is 14.2 Å². The second-order valence-corrected chi connectivity index (χ2v) is 3.69. The zero-order chi connectivity index (χ0) is 13.3. The van der Waals surface area contributed by atoms with Crippen molar-refractivity contribution in [1.82, 2.24) is 0 Å². The second-order valence-electron chi connectivity index (χ2n) is 3.69. The lowest BCUT2D eigenvalue weighted by molar-refractivity contribution is 0.343. The van der Waals surface area contributed by atoms with E-state index in [1.807, 2.05) is 0 Å². The Morgan fingerprint density at radius 1 is 1.06 bits per heavy atom. The lowest BCUT2D eigenvalue weighted by Gasteiger charge is -2.10. The average Bonchev–Trinajstić information content (AvgIpc) is 2.50. The molecule has 0 saturated heterocycles. The van der Waals surface area contributed by atoms with Gasteiger partial charge in [-0.3, -0.25) is 4.79 Å². The van der Waals surface area contributed by atoms with Crippen LogP contribution in [0, 0.1) is 0 Å². The number of hydrogen-bond donors (Lipinski definition) is 2. The normalized spacial score (nSPS) is 10.3. The molecule has 2 rings (SSSR count). The first kappa shape index (κ1) is 12.0. The monoisotopic (exact) mass is 248 g/mol. The first-order chi connectivity index (χ1) is 8.58. The summed E-state index contributed by atoms with van der Waals surface area (Å²) in [6, 6.07) is 5.53. The Morgan fingerprint density at radius 2 is 1.78 bits per heavy atom. The molecule has 0 unspecified atom stereocenters. The summed E-state index contributed by atoms with van der Waals surface area (Å²) in [5.74, 6) is -0.124. The first-order valence-corrected chi connectivity index (χ1v) is 5.19. The molecule has 2 N–H and O–H groups in total. The van der Waals surface area contributed by atoms with E-state index in [0.29, 0.717) is 10.8 Å². The van der Waals surface area contributed by atoms with Gasteiger partial charge in [0.15, 0.2) is 17.2 Å². The molecule has 0 heterocycles. The van der Waals surface area contributed by atoms with Gasteiger partial charge in [0.25, 0.3) is 0 Å². The molecule has 5 nitrogen and oxygen atoms in total. The highest BCUT2D eigenvalue weighted by Crippen LogP contribution is 2.41. The number of aromatic hydroxyl groups is 2. The fraction of sp³-hybridized carbons (Fsp3) is 0.154. The number of rotatable bonds is 2. The van der Waals surface area contributed by atoms with Gasteiger partial charge in [-0.2, -0.15) is 0 Å².